The summed E-state index contributed by atoms with van der Waals surface area (Å²) in [5.41, 5.74) is 6.48. The Morgan fingerprint density at radius 1 is 1.10 bits per heavy atom. The third-order valence-electron chi connectivity index (χ3n) is 4.33. The summed E-state index contributed by atoms with van der Waals surface area (Å²) in [5.74, 6) is -2.93. The van der Waals surface area contributed by atoms with Crippen LogP contribution < -0.4 is 21.7 Å². The van der Waals surface area contributed by atoms with Crippen molar-refractivity contribution < 1.29 is 24.3 Å². The minimum atomic E-state index is -1.21. The Balaban J connectivity index is 2.89. The molecule has 11 heteroatoms. The average molecular weight is 425 g/mol. The van der Waals surface area contributed by atoms with Gasteiger partial charge < -0.3 is 31.8 Å². The molecule has 0 bridgehead atoms. The maximum absolute atomic E-state index is 12.9. The van der Waals surface area contributed by atoms with Crippen molar-refractivity contribution in [1.29, 1.82) is 0 Å². The van der Waals surface area contributed by atoms with Crippen LogP contribution in [0.4, 0.5) is 0 Å². The number of imidazole rings is 1. The van der Waals surface area contributed by atoms with Gasteiger partial charge >= 0.3 is 5.97 Å². The molecule has 11 nitrogen and oxygen atoms in total. The van der Waals surface area contributed by atoms with E-state index in [4.69, 9.17) is 10.8 Å². The summed E-state index contributed by atoms with van der Waals surface area (Å²) in [5, 5.41) is 16.3. The van der Waals surface area contributed by atoms with E-state index in [1.807, 2.05) is 13.8 Å². The lowest BCUT2D eigenvalue weighted by Crippen LogP contribution is -2.58. The van der Waals surface area contributed by atoms with Gasteiger partial charge in [0.05, 0.1) is 12.4 Å². The van der Waals surface area contributed by atoms with E-state index in [1.165, 1.54) is 12.5 Å². The molecule has 0 fully saturated rings. The van der Waals surface area contributed by atoms with Crippen LogP contribution in [0.25, 0.3) is 0 Å². The Morgan fingerprint density at radius 2 is 1.77 bits per heavy atom. The molecule has 0 aliphatic heterocycles. The van der Waals surface area contributed by atoms with E-state index in [9.17, 15) is 19.2 Å². The van der Waals surface area contributed by atoms with Gasteiger partial charge in [0.2, 0.25) is 17.7 Å². The van der Waals surface area contributed by atoms with Crippen LogP contribution in [0.5, 0.6) is 0 Å². The monoisotopic (exact) mass is 424 g/mol. The molecule has 0 aliphatic carbocycles. The quantitative estimate of drug-likeness (QED) is 0.253. The highest BCUT2D eigenvalue weighted by Crippen LogP contribution is 2.07. The van der Waals surface area contributed by atoms with Crippen LogP contribution in [0.15, 0.2) is 12.5 Å². The van der Waals surface area contributed by atoms with E-state index < -0.39 is 48.4 Å². The Bertz CT molecular complexity index is 719. The molecule has 1 rings (SSSR count). The molecule has 30 heavy (non-hydrogen) atoms. The fraction of sp³-hybridized carbons (Fsp3) is 0.632. The Kier molecular flexibility index (Phi) is 9.96. The van der Waals surface area contributed by atoms with Gasteiger partial charge in [-0.1, -0.05) is 27.7 Å². The molecule has 0 saturated heterocycles. The molecule has 0 aliphatic rings. The van der Waals surface area contributed by atoms with Gasteiger partial charge in [0.25, 0.3) is 0 Å². The fourth-order valence-corrected chi connectivity index (χ4v) is 2.78. The van der Waals surface area contributed by atoms with Crippen molar-refractivity contribution in [2.45, 2.75) is 58.7 Å². The van der Waals surface area contributed by atoms with Crippen molar-refractivity contribution in [1.82, 2.24) is 25.9 Å². The molecular weight excluding hydrogens is 392 g/mol. The zero-order chi connectivity index (χ0) is 22.8. The van der Waals surface area contributed by atoms with Crippen LogP contribution in [0.3, 0.4) is 0 Å². The number of carbonyl (C=O) groups excluding carboxylic acids is 3. The first-order valence-electron chi connectivity index (χ1n) is 9.84. The maximum Gasteiger partial charge on any atom is 0.322 e. The van der Waals surface area contributed by atoms with Gasteiger partial charge in [-0.05, 0) is 18.3 Å². The average Bonchev–Trinajstić information content (AvgIpc) is 3.15. The van der Waals surface area contributed by atoms with Gasteiger partial charge in [-0.3, -0.25) is 19.2 Å². The zero-order valence-electron chi connectivity index (χ0n) is 17.8. The third-order valence-corrected chi connectivity index (χ3v) is 4.33. The number of nitrogens with one attached hydrogen (secondary N) is 4. The summed E-state index contributed by atoms with van der Waals surface area (Å²) in [6, 6.07) is -2.72. The van der Waals surface area contributed by atoms with Crippen molar-refractivity contribution in [3.63, 3.8) is 0 Å². The van der Waals surface area contributed by atoms with E-state index in [2.05, 4.69) is 25.9 Å². The topological polar surface area (TPSA) is 179 Å². The molecule has 1 aromatic heterocycles. The number of aromatic nitrogens is 2. The molecule has 0 aromatic carbocycles. The van der Waals surface area contributed by atoms with Crippen molar-refractivity contribution in [2.24, 2.45) is 17.6 Å². The number of hydrogen-bond donors (Lipinski definition) is 6. The highest BCUT2D eigenvalue weighted by Gasteiger charge is 2.30. The Hall–Kier alpha value is -2.95. The normalized spacial score (nSPS) is 14.1. The van der Waals surface area contributed by atoms with Gasteiger partial charge in [-0.25, -0.2) is 4.98 Å². The SMILES string of the molecule is CC(C)CC(N)C(=O)NC(C(=O)NC(Cc1cnc[nH]1)C(=O)NCC(=O)O)C(C)C. The molecule has 7 N–H and O–H groups in total. The van der Waals surface area contributed by atoms with Gasteiger partial charge in [0.15, 0.2) is 0 Å². The molecule has 168 valence electrons. The lowest BCUT2D eigenvalue weighted by molar-refractivity contribution is -0.138. The van der Waals surface area contributed by atoms with Crippen LogP contribution in [0.1, 0.15) is 39.8 Å². The Morgan fingerprint density at radius 3 is 2.27 bits per heavy atom. The lowest BCUT2D eigenvalue weighted by Gasteiger charge is -2.26. The molecule has 0 radical (unpaired) electrons. The molecule has 0 saturated carbocycles. The highest BCUT2D eigenvalue weighted by atomic mass is 16.4. The second kappa shape index (κ2) is 11.9. The first-order valence-corrected chi connectivity index (χ1v) is 9.84. The van der Waals surface area contributed by atoms with E-state index in [0.29, 0.717) is 12.1 Å². The van der Waals surface area contributed by atoms with Crippen LogP contribution in [0, 0.1) is 11.8 Å². The van der Waals surface area contributed by atoms with Crippen LogP contribution >= 0.6 is 0 Å². The summed E-state index contributed by atoms with van der Waals surface area (Å²) >= 11 is 0. The second-order valence-corrected chi connectivity index (χ2v) is 7.92. The number of nitrogens with two attached hydrogens (primary N) is 1. The number of hydrogen-bond acceptors (Lipinski definition) is 6. The minimum Gasteiger partial charge on any atom is -0.480 e. The molecule has 1 heterocycles. The smallest absolute Gasteiger partial charge is 0.322 e. The summed E-state index contributed by atoms with van der Waals surface area (Å²) in [7, 11) is 0. The molecule has 1 aromatic rings. The van der Waals surface area contributed by atoms with Gasteiger partial charge in [-0.15, -0.1) is 0 Å². The second-order valence-electron chi connectivity index (χ2n) is 7.92. The maximum atomic E-state index is 12.9. The van der Waals surface area contributed by atoms with E-state index in [1.54, 1.807) is 13.8 Å². The predicted molar refractivity (Wildman–Crippen MR) is 109 cm³/mol. The number of H-pyrrole nitrogens is 1. The largest absolute Gasteiger partial charge is 0.480 e. The fourth-order valence-electron chi connectivity index (χ4n) is 2.78. The number of carbonyl (C=O) groups is 4. The van der Waals surface area contributed by atoms with Crippen molar-refractivity contribution >= 4 is 23.7 Å². The highest BCUT2D eigenvalue weighted by molar-refractivity contribution is 5.93. The number of carboxylic acids is 1. The van der Waals surface area contributed by atoms with Gasteiger partial charge in [0, 0.05) is 18.3 Å². The molecule has 3 atom stereocenters. The van der Waals surface area contributed by atoms with E-state index in [-0.39, 0.29) is 18.3 Å². The molecule has 3 amide bonds. The Labute approximate surface area is 175 Å². The van der Waals surface area contributed by atoms with Crippen molar-refractivity contribution in [3.8, 4) is 0 Å². The van der Waals surface area contributed by atoms with Crippen molar-refractivity contribution in [2.75, 3.05) is 6.54 Å². The van der Waals surface area contributed by atoms with E-state index >= 15 is 0 Å². The minimum absolute atomic E-state index is 0.0722. The van der Waals surface area contributed by atoms with Crippen LogP contribution in [0.2, 0.25) is 0 Å². The van der Waals surface area contributed by atoms with Gasteiger partial charge in [-0.2, -0.15) is 0 Å². The molecule has 0 spiro atoms. The first-order chi connectivity index (χ1) is 14.0. The van der Waals surface area contributed by atoms with Crippen LogP contribution in [-0.2, 0) is 25.6 Å². The van der Waals surface area contributed by atoms with Gasteiger partial charge in [0.1, 0.15) is 18.6 Å². The third kappa shape index (κ3) is 8.60. The summed E-state index contributed by atoms with van der Waals surface area (Å²) in [6.45, 7) is 6.81. The summed E-state index contributed by atoms with van der Waals surface area (Å²) in [4.78, 5) is 55.1. The van der Waals surface area contributed by atoms with Crippen LogP contribution in [-0.4, -0.2) is 63.4 Å². The van der Waals surface area contributed by atoms with Crippen molar-refractivity contribution in [3.05, 3.63) is 18.2 Å². The predicted octanol–water partition coefficient (Wildman–Crippen LogP) is -0.848. The first kappa shape index (κ1) is 25.1. The standard InChI is InChI=1S/C19H32N6O5/c1-10(2)5-13(20)17(28)25-16(11(3)4)19(30)24-14(6-12-7-21-9-23-12)18(29)22-8-15(26)27/h7,9-11,13-14,16H,5-6,8,20H2,1-4H3,(H,21,23)(H,22,29)(H,24,30)(H,25,28)(H,26,27). The summed E-state index contributed by atoms with van der Waals surface area (Å²) < 4.78 is 0. The zero-order valence-corrected chi connectivity index (χ0v) is 17.8. The lowest BCUT2D eigenvalue weighted by atomic mass is 10.00. The number of aromatic amines is 1. The molecular formula is C19H32N6O5. The van der Waals surface area contributed by atoms with E-state index in [0.717, 1.165) is 0 Å². The number of aliphatic carboxylic acids is 1. The number of carboxylic acid groups (broad SMARTS) is 1. The number of rotatable bonds is 12. The number of nitrogens with zero attached hydrogens (tertiary/aromatic N) is 1. The number of amides is 3. The molecule has 3 unspecified atom stereocenters. The summed E-state index contributed by atoms with van der Waals surface area (Å²) in [6.07, 6.45) is 3.47.